The van der Waals surface area contributed by atoms with Crippen LogP contribution in [0.4, 0.5) is 5.69 Å². The number of carbonyl (C=O) groups excluding carboxylic acids is 1. The molecule has 0 fully saturated rings. The number of halogens is 1. The number of amides is 1. The highest BCUT2D eigenvalue weighted by Crippen LogP contribution is 2.35. The van der Waals surface area contributed by atoms with Gasteiger partial charge in [-0.05, 0) is 12.5 Å². The monoisotopic (exact) mass is 319 g/mol. The maximum absolute atomic E-state index is 12.2. The fraction of sp³-hybridized carbons (Fsp3) is 0.235. The van der Waals surface area contributed by atoms with Gasteiger partial charge in [0.15, 0.2) is 0 Å². The first-order valence-corrected chi connectivity index (χ1v) is 7.18. The van der Waals surface area contributed by atoms with Crippen molar-refractivity contribution in [3.05, 3.63) is 52.5 Å². The van der Waals surface area contributed by atoms with Crippen LogP contribution in [0.1, 0.15) is 11.1 Å². The van der Waals surface area contributed by atoms with Gasteiger partial charge in [0.1, 0.15) is 11.5 Å². The number of hydrogen-bond acceptors (Lipinski definition) is 3. The van der Waals surface area contributed by atoms with E-state index in [0.717, 1.165) is 11.1 Å². The van der Waals surface area contributed by atoms with Gasteiger partial charge in [-0.25, -0.2) is 0 Å². The average Bonchev–Trinajstić information content (AvgIpc) is 2.48. The second-order valence-electron chi connectivity index (χ2n) is 4.90. The summed E-state index contributed by atoms with van der Waals surface area (Å²) >= 11 is 6.05. The van der Waals surface area contributed by atoms with E-state index >= 15 is 0 Å². The normalized spacial score (nSPS) is 10.2. The van der Waals surface area contributed by atoms with Gasteiger partial charge in [-0.15, -0.1) is 0 Å². The second-order valence-corrected chi connectivity index (χ2v) is 5.31. The summed E-state index contributed by atoms with van der Waals surface area (Å²) in [6.45, 7) is 1.99. The number of methoxy groups -OCH3 is 2. The summed E-state index contributed by atoms with van der Waals surface area (Å²) in [7, 11) is 3.04. The first-order valence-electron chi connectivity index (χ1n) is 6.80. The standard InChI is InChI=1S/C17H18ClNO3/c1-11-5-4-6-12(7-11)8-17(20)19-14-10-15(21-2)13(18)9-16(14)22-3/h4-7,9-10H,8H2,1-3H3,(H,19,20). The van der Waals surface area contributed by atoms with Crippen LogP contribution in [0.2, 0.25) is 5.02 Å². The van der Waals surface area contributed by atoms with Crippen molar-refractivity contribution in [2.75, 3.05) is 19.5 Å². The topological polar surface area (TPSA) is 47.6 Å². The molecule has 0 saturated carbocycles. The summed E-state index contributed by atoms with van der Waals surface area (Å²) in [4.78, 5) is 12.2. The SMILES string of the molecule is COc1cc(NC(=O)Cc2cccc(C)c2)c(OC)cc1Cl. The third kappa shape index (κ3) is 3.92. The molecule has 116 valence electrons. The lowest BCUT2D eigenvalue weighted by molar-refractivity contribution is -0.115. The molecule has 0 radical (unpaired) electrons. The molecule has 0 heterocycles. The van der Waals surface area contributed by atoms with E-state index in [1.165, 1.54) is 14.2 Å². The zero-order valence-electron chi connectivity index (χ0n) is 12.8. The molecule has 2 aromatic carbocycles. The van der Waals surface area contributed by atoms with Crippen LogP contribution in [0, 0.1) is 6.92 Å². The molecule has 2 aromatic rings. The van der Waals surface area contributed by atoms with Gasteiger partial charge in [0.25, 0.3) is 0 Å². The number of aryl methyl sites for hydroxylation is 1. The molecule has 2 rings (SSSR count). The predicted octanol–water partition coefficient (Wildman–Crippen LogP) is 3.85. The Morgan fingerprint density at radius 2 is 1.86 bits per heavy atom. The maximum Gasteiger partial charge on any atom is 0.228 e. The number of nitrogens with one attached hydrogen (secondary N) is 1. The second kappa shape index (κ2) is 7.18. The molecule has 0 atom stereocenters. The summed E-state index contributed by atoms with van der Waals surface area (Å²) < 4.78 is 10.4. The molecule has 1 N–H and O–H groups in total. The lowest BCUT2D eigenvalue weighted by Crippen LogP contribution is -2.15. The minimum absolute atomic E-state index is 0.131. The first kappa shape index (κ1) is 16.2. The number of anilines is 1. The van der Waals surface area contributed by atoms with Gasteiger partial charge >= 0.3 is 0 Å². The van der Waals surface area contributed by atoms with Crippen molar-refractivity contribution in [1.29, 1.82) is 0 Å². The highest BCUT2D eigenvalue weighted by Gasteiger charge is 2.13. The fourth-order valence-electron chi connectivity index (χ4n) is 2.16. The third-order valence-electron chi connectivity index (χ3n) is 3.20. The van der Waals surface area contributed by atoms with E-state index in [-0.39, 0.29) is 12.3 Å². The minimum Gasteiger partial charge on any atom is -0.495 e. The molecule has 4 nitrogen and oxygen atoms in total. The summed E-state index contributed by atoms with van der Waals surface area (Å²) in [5, 5.41) is 3.26. The Balaban J connectivity index is 2.17. The summed E-state index contributed by atoms with van der Waals surface area (Å²) in [5.41, 5.74) is 2.61. The fourth-order valence-corrected chi connectivity index (χ4v) is 2.39. The average molecular weight is 320 g/mol. The van der Waals surface area contributed by atoms with Gasteiger partial charge < -0.3 is 14.8 Å². The van der Waals surface area contributed by atoms with Crippen LogP contribution in [0.3, 0.4) is 0 Å². The smallest absolute Gasteiger partial charge is 0.228 e. The molecule has 0 aromatic heterocycles. The third-order valence-corrected chi connectivity index (χ3v) is 3.49. The number of benzene rings is 2. The Morgan fingerprint density at radius 1 is 1.14 bits per heavy atom. The van der Waals surface area contributed by atoms with Crippen molar-refractivity contribution >= 4 is 23.2 Å². The summed E-state index contributed by atoms with van der Waals surface area (Å²) in [6, 6.07) is 11.1. The van der Waals surface area contributed by atoms with E-state index in [1.54, 1.807) is 12.1 Å². The predicted molar refractivity (Wildman–Crippen MR) is 88.1 cm³/mol. The van der Waals surface area contributed by atoms with Gasteiger partial charge in [0.05, 0.1) is 31.4 Å². The van der Waals surface area contributed by atoms with Gasteiger partial charge in [-0.1, -0.05) is 41.4 Å². The molecule has 0 aliphatic carbocycles. The minimum atomic E-state index is -0.131. The molecule has 5 heteroatoms. The van der Waals surface area contributed by atoms with Crippen molar-refractivity contribution in [3.8, 4) is 11.5 Å². The van der Waals surface area contributed by atoms with Crippen molar-refractivity contribution in [2.45, 2.75) is 13.3 Å². The number of hydrogen-bond donors (Lipinski definition) is 1. The van der Waals surface area contributed by atoms with Gasteiger partial charge in [-0.2, -0.15) is 0 Å². The Kier molecular flexibility index (Phi) is 5.28. The molecule has 0 spiro atoms. The quantitative estimate of drug-likeness (QED) is 0.910. The Morgan fingerprint density at radius 3 is 2.50 bits per heavy atom. The van der Waals surface area contributed by atoms with E-state index in [1.807, 2.05) is 31.2 Å². The largest absolute Gasteiger partial charge is 0.495 e. The number of carbonyl (C=O) groups is 1. The van der Waals surface area contributed by atoms with Crippen LogP contribution in [0.5, 0.6) is 11.5 Å². The van der Waals surface area contributed by atoms with Crippen LogP contribution >= 0.6 is 11.6 Å². The molecule has 1 amide bonds. The molecular weight excluding hydrogens is 302 g/mol. The van der Waals surface area contributed by atoms with Gasteiger partial charge in [0, 0.05) is 12.1 Å². The maximum atomic E-state index is 12.2. The lowest BCUT2D eigenvalue weighted by atomic mass is 10.1. The zero-order valence-corrected chi connectivity index (χ0v) is 13.5. The lowest BCUT2D eigenvalue weighted by Gasteiger charge is -2.13. The van der Waals surface area contributed by atoms with E-state index < -0.39 is 0 Å². The van der Waals surface area contributed by atoms with E-state index in [0.29, 0.717) is 22.2 Å². The van der Waals surface area contributed by atoms with E-state index in [4.69, 9.17) is 21.1 Å². The van der Waals surface area contributed by atoms with Gasteiger partial charge in [-0.3, -0.25) is 4.79 Å². The Labute approximate surface area is 135 Å². The molecular formula is C17H18ClNO3. The van der Waals surface area contributed by atoms with Gasteiger partial charge in [0.2, 0.25) is 5.91 Å². The molecule has 22 heavy (non-hydrogen) atoms. The van der Waals surface area contributed by atoms with Crippen molar-refractivity contribution < 1.29 is 14.3 Å². The van der Waals surface area contributed by atoms with Crippen LogP contribution in [0.15, 0.2) is 36.4 Å². The van der Waals surface area contributed by atoms with Crippen LogP contribution in [-0.4, -0.2) is 20.1 Å². The van der Waals surface area contributed by atoms with Crippen molar-refractivity contribution in [2.24, 2.45) is 0 Å². The summed E-state index contributed by atoms with van der Waals surface area (Å²) in [6.07, 6.45) is 0.287. The number of ether oxygens (including phenoxy) is 2. The van der Waals surface area contributed by atoms with Crippen molar-refractivity contribution in [1.82, 2.24) is 0 Å². The Hall–Kier alpha value is -2.20. The highest BCUT2D eigenvalue weighted by atomic mass is 35.5. The zero-order chi connectivity index (χ0) is 16.1. The highest BCUT2D eigenvalue weighted by molar-refractivity contribution is 6.32. The van der Waals surface area contributed by atoms with E-state index in [2.05, 4.69) is 5.32 Å². The Bertz CT molecular complexity index is 686. The van der Waals surface area contributed by atoms with E-state index in [9.17, 15) is 4.79 Å². The molecule has 0 aliphatic heterocycles. The summed E-state index contributed by atoms with van der Waals surface area (Å²) in [5.74, 6) is 0.838. The molecule has 0 saturated heterocycles. The number of rotatable bonds is 5. The first-order chi connectivity index (χ1) is 10.5. The molecule has 0 bridgehead atoms. The van der Waals surface area contributed by atoms with Crippen molar-refractivity contribution in [3.63, 3.8) is 0 Å². The van der Waals surface area contributed by atoms with Crippen LogP contribution < -0.4 is 14.8 Å². The molecule has 0 aliphatic rings. The van der Waals surface area contributed by atoms with Crippen LogP contribution in [0.25, 0.3) is 0 Å². The molecule has 0 unspecified atom stereocenters. The van der Waals surface area contributed by atoms with Crippen LogP contribution in [-0.2, 0) is 11.2 Å².